The zero-order valence-corrected chi connectivity index (χ0v) is 29.3. The van der Waals surface area contributed by atoms with Crippen LogP contribution in [0.2, 0.25) is 5.02 Å². The Bertz CT molecular complexity index is 1780. The summed E-state index contributed by atoms with van der Waals surface area (Å²) in [4.78, 5) is 24.1. The zero-order chi connectivity index (χ0) is 33.4. The van der Waals surface area contributed by atoms with E-state index < -0.39 is 10.7 Å². The number of aliphatic carboxylic acids is 1. The molecule has 4 atom stereocenters. The molecule has 4 aliphatic rings. The van der Waals surface area contributed by atoms with Crippen LogP contribution in [-0.4, -0.2) is 88.4 Å². The molecule has 0 saturated carbocycles. The minimum Gasteiger partial charge on any atom is -0.481 e. The predicted octanol–water partition coefficient (Wildman–Crippen LogP) is 7.04. The van der Waals surface area contributed by atoms with E-state index in [9.17, 15) is 15.2 Å². The van der Waals surface area contributed by atoms with Gasteiger partial charge in [-0.2, -0.15) is 5.26 Å². The summed E-state index contributed by atoms with van der Waals surface area (Å²) >= 11 is 8.75. The summed E-state index contributed by atoms with van der Waals surface area (Å²) in [5, 5.41) is 20.8. The quantitative estimate of drug-likeness (QED) is 0.268. The first-order valence-corrected chi connectivity index (χ1v) is 18.5. The van der Waals surface area contributed by atoms with Crippen molar-refractivity contribution in [1.29, 1.82) is 5.26 Å². The van der Waals surface area contributed by atoms with Gasteiger partial charge in [-0.1, -0.05) is 55.0 Å². The molecule has 3 aliphatic heterocycles. The van der Waals surface area contributed by atoms with E-state index in [-0.39, 0.29) is 11.8 Å². The Morgan fingerprint density at radius 1 is 1.15 bits per heavy atom. The Kier molecular flexibility index (Phi) is 9.74. The third kappa shape index (κ3) is 6.58. The Morgan fingerprint density at radius 2 is 1.96 bits per heavy atom. The molecule has 0 amide bonds. The molecule has 10 heteroatoms. The summed E-state index contributed by atoms with van der Waals surface area (Å²) in [6.07, 6.45) is 11.9. The number of hydrogen-bond donors (Lipinski definition) is 1. The smallest absolute Gasteiger partial charge is 0.307 e. The number of carbonyl (C=O) groups is 1. The van der Waals surface area contributed by atoms with Crippen molar-refractivity contribution in [2.75, 3.05) is 46.3 Å². The third-order valence-electron chi connectivity index (χ3n) is 10.9. The molecule has 3 fully saturated rings. The first-order chi connectivity index (χ1) is 23.2. The van der Waals surface area contributed by atoms with Crippen molar-refractivity contribution in [1.82, 2.24) is 19.7 Å². The highest BCUT2D eigenvalue weighted by atomic mass is 35.5. The van der Waals surface area contributed by atoms with E-state index in [0.29, 0.717) is 53.4 Å². The van der Waals surface area contributed by atoms with Crippen molar-refractivity contribution < 1.29 is 14.3 Å². The first kappa shape index (κ1) is 33.4. The number of carboxylic acid groups (broad SMARTS) is 1. The van der Waals surface area contributed by atoms with Gasteiger partial charge < -0.3 is 14.4 Å². The number of oxazole rings is 1. The molecule has 1 aliphatic carbocycles. The topological polar surface area (TPSA) is 96.8 Å². The Morgan fingerprint density at radius 3 is 2.71 bits per heavy atom. The maximum absolute atomic E-state index is 11.6. The Hall–Kier alpha value is -3.13. The number of hydrogen-bond acceptors (Lipinski definition) is 8. The molecule has 3 unspecified atom stereocenters. The van der Waals surface area contributed by atoms with Gasteiger partial charge in [-0.25, -0.2) is 4.98 Å². The summed E-state index contributed by atoms with van der Waals surface area (Å²) in [6, 6.07) is 14.9. The van der Waals surface area contributed by atoms with Crippen molar-refractivity contribution >= 4 is 46.0 Å². The van der Waals surface area contributed by atoms with Gasteiger partial charge in [0.25, 0.3) is 0 Å². The number of benzene rings is 2. The van der Waals surface area contributed by atoms with E-state index in [4.69, 9.17) is 21.0 Å². The number of allylic oxidation sites excluding steroid dienone is 3. The number of likely N-dealkylation sites (tertiary alicyclic amines) is 3. The lowest BCUT2D eigenvalue weighted by atomic mass is 9.79. The lowest BCUT2D eigenvalue weighted by Crippen LogP contribution is -2.49. The van der Waals surface area contributed by atoms with Crippen molar-refractivity contribution in [3.05, 3.63) is 82.2 Å². The molecule has 0 bridgehead atoms. The van der Waals surface area contributed by atoms with E-state index in [0.717, 1.165) is 60.9 Å². The first-order valence-electron chi connectivity index (χ1n) is 17.3. The van der Waals surface area contributed by atoms with Gasteiger partial charge in [0.05, 0.1) is 11.5 Å². The van der Waals surface area contributed by atoms with Gasteiger partial charge in [0.15, 0.2) is 5.58 Å². The Labute approximate surface area is 292 Å². The van der Waals surface area contributed by atoms with Gasteiger partial charge in [0, 0.05) is 41.9 Å². The highest BCUT2D eigenvalue weighted by Gasteiger charge is 2.47. The number of aromatic nitrogens is 1. The van der Waals surface area contributed by atoms with Crippen molar-refractivity contribution in [3.63, 3.8) is 0 Å². The van der Waals surface area contributed by atoms with Crippen molar-refractivity contribution in [2.24, 2.45) is 11.8 Å². The average Bonchev–Trinajstić information content (AvgIpc) is 3.74. The number of fused-ring (bicyclic) bond motifs is 1. The lowest BCUT2D eigenvalue weighted by molar-refractivity contribution is -0.141. The molecule has 7 rings (SSSR count). The van der Waals surface area contributed by atoms with Crippen LogP contribution in [0, 0.1) is 23.2 Å². The fraction of sp³-hybridized carbons (Fsp3) is 0.500. The minimum absolute atomic E-state index is 0.0123. The number of carboxylic acids is 1. The summed E-state index contributed by atoms with van der Waals surface area (Å²) in [6.45, 7) is 8.54. The lowest BCUT2D eigenvalue weighted by Gasteiger charge is -2.45. The van der Waals surface area contributed by atoms with Crippen LogP contribution in [0.4, 0.5) is 0 Å². The van der Waals surface area contributed by atoms with E-state index in [1.807, 2.05) is 42.1 Å². The highest BCUT2D eigenvalue weighted by molar-refractivity contribution is 8.01. The van der Waals surface area contributed by atoms with Crippen LogP contribution < -0.4 is 0 Å². The number of rotatable bonds is 8. The maximum Gasteiger partial charge on any atom is 0.307 e. The molecule has 0 radical (unpaired) electrons. The number of nitrogens with zero attached hydrogens (tertiary/aromatic N) is 5. The summed E-state index contributed by atoms with van der Waals surface area (Å²) in [5.74, 6) is -0.500. The fourth-order valence-corrected chi connectivity index (χ4v) is 10.2. The van der Waals surface area contributed by atoms with Crippen LogP contribution in [0.5, 0.6) is 0 Å². The SMILES string of the molecule is CC1C(c2ccccc2Cl)=CC=CC1(SC1CCCN(C2CCN(C)CC2)C1)c1nc2cc(CN3CC[C@@H](C(=O)O)C3)cc(C#N)c2o1. The molecule has 1 aromatic heterocycles. The van der Waals surface area contributed by atoms with Crippen LogP contribution in [0.3, 0.4) is 0 Å². The summed E-state index contributed by atoms with van der Waals surface area (Å²) in [7, 11) is 2.22. The summed E-state index contributed by atoms with van der Waals surface area (Å²) in [5.41, 5.74) is 4.72. The monoisotopic (exact) mass is 685 g/mol. The largest absolute Gasteiger partial charge is 0.481 e. The second kappa shape index (κ2) is 14.0. The standard InChI is InChI=1S/C38H44ClN5O3S/c1-25-31(32-8-3-4-10-33(32)39)9-5-14-38(25,48-30-7-6-15-44(24-30)29-12-16-42(2)17-13-29)37-41-34-20-26(19-28(21-40)35(34)47-37)22-43-18-11-27(23-43)36(45)46/h3-5,8-10,14,19-20,25,27,29-30H,6-7,11-13,15-18,22-24H2,1-2H3,(H,45,46)/t25?,27-,30?,38?/m1/s1. The zero-order valence-electron chi connectivity index (χ0n) is 27.8. The minimum atomic E-state index is -0.748. The Balaban J connectivity index is 1.24. The van der Waals surface area contributed by atoms with Gasteiger partial charge in [-0.05, 0) is 100 Å². The molecule has 252 valence electrons. The maximum atomic E-state index is 11.6. The molecule has 0 spiro atoms. The molecular formula is C38H44ClN5O3S. The second-order valence-electron chi connectivity index (χ2n) is 14.1. The van der Waals surface area contributed by atoms with Gasteiger partial charge in [-0.3, -0.25) is 14.6 Å². The van der Waals surface area contributed by atoms with Gasteiger partial charge in [-0.15, -0.1) is 11.8 Å². The van der Waals surface area contributed by atoms with E-state index in [2.05, 4.69) is 59.0 Å². The average molecular weight is 686 g/mol. The highest BCUT2D eigenvalue weighted by Crippen LogP contribution is 2.54. The van der Waals surface area contributed by atoms with Crippen LogP contribution in [-0.2, 0) is 16.1 Å². The third-order valence-corrected chi connectivity index (χ3v) is 13.0. The molecule has 3 saturated heterocycles. The number of nitriles is 1. The predicted molar refractivity (Wildman–Crippen MR) is 192 cm³/mol. The van der Waals surface area contributed by atoms with Crippen molar-refractivity contribution in [2.45, 2.75) is 61.6 Å². The van der Waals surface area contributed by atoms with Crippen molar-refractivity contribution in [3.8, 4) is 6.07 Å². The van der Waals surface area contributed by atoms with E-state index in [1.54, 1.807) is 0 Å². The fourth-order valence-electron chi connectivity index (χ4n) is 8.18. The molecule has 8 nitrogen and oxygen atoms in total. The van der Waals surface area contributed by atoms with E-state index in [1.165, 1.54) is 19.3 Å². The summed E-state index contributed by atoms with van der Waals surface area (Å²) < 4.78 is 6.10. The van der Waals surface area contributed by atoms with Crippen LogP contribution in [0.15, 0.2) is 59.0 Å². The molecule has 4 heterocycles. The number of thioether (sulfide) groups is 1. The van der Waals surface area contributed by atoms with Crippen LogP contribution in [0.25, 0.3) is 16.7 Å². The number of halogens is 1. The van der Waals surface area contributed by atoms with Gasteiger partial charge >= 0.3 is 5.97 Å². The van der Waals surface area contributed by atoms with Gasteiger partial charge in [0.1, 0.15) is 16.3 Å². The molecule has 3 aromatic rings. The molecular weight excluding hydrogens is 642 g/mol. The molecule has 1 N–H and O–H groups in total. The molecule has 48 heavy (non-hydrogen) atoms. The number of piperidine rings is 2. The van der Waals surface area contributed by atoms with E-state index >= 15 is 0 Å². The van der Waals surface area contributed by atoms with Crippen LogP contribution >= 0.6 is 23.4 Å². The van der Waals surface area contributed by atoms with Crippen LogP contribution in [0.1, 0.15) is 61.6 Å². The second-order valence-corrected chi connectivity index (χ2v) is 16.1. The van der Waals surface area contributed by atoms with Gasteiger partial charge in [0.2, 0.25) is 5.89 Å². The molecule has 2 aromatic carbocycles. The normalized spacial score (nSPS) is 27.7.